The van der Waals surface area contributed by atoms with Crippen molar-refractivity contribution in [2.75, 3.05) is 25.5 Å². The van der Waals surface area contributed by atoms with Crippen molar-refractivity contribution >= 4 is 23.2 Å². The molecule has 1 heterocycles. The first-order chi connectivity index (χ1) is 9.60. The number of methoxy groups -OCH3 is 1. The molecule has 4 nitrogen and oxygen atoms in total. The van der Waals surface area contributed by atoms with E-state index >= 15 is 0 Å². The summed E-state index contributed by atoms with van der Waals surface area (Å²) >= 11 is 6.17. The highest BCUT2D eigenvalue weighted by atomic mass is 35.5. The van der Waals surface area contributed by atoms with Crippen molar-refractivity contribution in [2.24, 2.45) is 0 Å². The van der Waals surface area contributed by atoms with Crippen molar-refractivity contribution in [1.82, 2.24) is 4.90 Å². The number of nitrogens with zero attached hydrogens (tertiary/aromatic N) is 1. The van der Waals surface area contributed by atoms with Gasteiger partial charge in [-0.2, -0.15) is 0 Å². The highest BCUT2D eigenvalue weighted by Gasteiger charge is 2.26. The van der Waals surface area contributed by atoms with E-state index in [1.165, 1.54) is 0 Å². The number of hydrogen-bond acceptors (Lipinski definition) is 3. The van der Waals surface area contributed by atoms with Crippen molar-refractivity contribution < 1.29 is 9.53 Å². The third-order valence-corrected chi connectivity index (χ3v) is 4.04. The molecule has 1 unspecified atom stereocenters. The van der Waals surface area contributed by atoms with Crippen LogP contribution in [0.1, 0.15) is 19.8 Å². The van der Waals surface area contributed by atoms with Gasteiger partial charge in [-0.15, -0.1) is 11.6 Å². The smallest absolute Gasteiger partial charge is 0.241 e. The van der Waals surface area contributed by atoms with Gasteiger partial charge in [-0.05, 0) is 50.6 Å². The number of rotatable bonds is 4. The standard InChI is InChI=1S/C15H21ClN2O2/c1-11(18-9-3-4-12(16)10-18)15(19)17-13-5-7-14(20-2)8-6-13/h5-8,11-12H,3-4,9-10H2,1-2H3,(H,17,19)/t11-,12?/m1/s1. The molecule has 1 aromatic rings. The lowest BCUT2D eigenvalue weighted by Gasteiger charge is -2.33. The molecule has 5 heteroatoms. The maximum Gasteiger partial charge on any atom is 0.241 e. The first kappa shape index (κ1) is 15.1. The minimum absolute atomic E-state index is 0.000864. The van der Waals surface area contributed by atoms with Crippen LogP contribution >= 0.6 is 11.6 Å². The fraction of sp³-hybridized carbons (Fsp3) is 0.533. The highest BCUT2D eigenvalue weighted by Crippen LogP contribution is 2.19. The fourth-order valence-corrected chi connectivity index (χ4v) is 2.72. The summed E-state index contributed by atoms with van der Waals surface area (Å²) in [6.07, 6.45) is 2.08. The Bertz CT molecular complexity index is 450. The molecule has 110 valence electrons. The van der Waals surface area contributed by atoms with Crippen LogP contribution < -0.4 is 10.1 Å². The third kappa shape index (κ3) is 3.87. The van der Waals surface area contributed by atoms with Crippen LogP contribution in [0.5, 0.6) is 5.75 Å². The van der Waals surface area contributed by atoms with Gasteiger partial charge in [0.1, 0.15) is 5.75 Å². The third-order valence-electron chi connectivity index (χ3n) is 3.68. The first-order valence-corrected chi connectivity index (χ1v) is 7.37. The number of alkyl halides is 1. The molecule has 0 aliphatic carbocycles. The Hall–Kier alpha value is -1.26. The average molecular weight is 297 g/mol. The Balaban J connectivity index is 1.92. The Labute approximate surface area is 125 Å². The Morgan fingerprint density at radius 1 is 1.45 bits per heavy atom. The zero-order valence-corrected chi connectivity index (χ0v) is 12.7. The van der Waals surface area contributed by atoms with Crippen LogP contribution in [0.3, 0.4) is 0 Å². The topological polar surface area (TPSA) is 41.6 Å². The maximum absolute atomic E-state index is 12.2. The number of hydrogen-bond donors (Lipinski definition) is 1. The summed E-state index contributed by atoms with van der Waals surface area (Å²) in [6, 6.07) is 7.17. The molecule has 0 radical (unpaired) electrons. The molecule has 2 rings (SSSR count). The van der Waals surface area contributed by atoms with Crippen molar-refractivity contribution in [3.05, 3.63) is 24.3 Å². The van der Waals surface area contributed by atoms with E-state index in [1.807, 2.05) is 31.2 Å². The number of piperidine rings is 1. The molecule has 0 bridgehead atoms. The molecule has 1 saturated heterocycles. The molecule has 1 N–H and O–H groups in total. The summed E-state index contributed by atoms with van der Waals surface area (Å²) in [5.41, 5.74) is 0.780. The molecular formula is C15H21ClN2O2. The van der Waals surface area contributed by atoms with Crippen LogP contribution in [0.25, 0.3) is 0 Å². The number of anilines is 1. The quantitative estimate of drug-likeness (QED) is 0.869. The number of ether oxygens (including phenoxy) is 1. The van der Waals surface area contributed by atoms with Crippen molar-refractivity contribution in [3.8, 4) is 5.75 Å². The number of carbonyl (C=O) groups excluding carboxylic acids is 1. The second-order valence-electron chi connectivity index (χ2n) is 5.13. The lowest BCUT2D eigenvalue weighted by molar-refractivity contribution is -0.121. The van der Waals surface area contributed by atoms with E-state index in [-0.39, 0.29) is 17.3 Å². The van der Waals surface area contributed by atoms with E-state index in [9.17, 15) is 4.79 Å². The Morgan fingerprint density at radius 2 is 2.15 bits per heavy atom. The summed E-state index contributed by atoms with van der Waals surface area (Å²) < 4.78 is 5.09. The summed E-state index contributed by atoms with van der Waals surface area (Å²) in [6.45, 7) is 3.63. The second kappa shape index (κ2) is 6.95. The zero-order valence-electron chi connectivity index (χ0n) is 11.9. The van der Waals surface area contributed by atoms with Crippen molar-refractivity contribution in [3.63, 3.8) is 0 Å². The van der Waals surface area contributed by atoms with Crippen molar-refractivity contribution in [2.45, 2.75) is 31.2 Å². The SMILES string of the molecule is COc1ccc(NC(=O)[C@@H](C)N2CCCC(Cl)C2)cc1. The Kier molecular flexibility index (Phi) is 5.26. The highest BCUT2D eigenvalue weighted by molar-refractivity contribution is 6.20. The van der Waals surface area contributed by atoms with E-state index < -0.39 is 0 Å². The summed E-state index contributed by atoms with van der Waals surface area (Å²) in [5, 5.41) is 3.08. The number of nitrogens with one attached hydrogen (secondary N) is 1. The molecule has 20 heavy (non-hydrogen) atoms. The molecule has 1 aliphatic heterocycles. The van der Waals surface area contributed by atoms with Gasteiger partial charge in [0.15, 0.2) is 0 Å². The average Bonchev–Trinajstić information content (AvgIpc) is 2.47. The van der Waals surface area contributed by atoms with Gasteiger partial charge in [0.05, 0.1) is 13.2 Å². The van der Waals surface area contributed by atoms with Crippen LogP contribution in [0, 0.1) is 0 Å². The molecule has 0 spiro atoms. The fourth-order valence-electron chi connectivity index (χ4n) is 2.39. The van der Waals surface area contributed by atoms with Crippen LogP contribution in [0.2, 0.25) is 0 Å². The van der Waals surface area contributed by atoms with Crippen LogP contribution in [-0.4, -0.2) is 42.4 Å². The van der Waals surface area contributed by atoms with E-state index in [1.54, 1.807) is 7.11 Å². The normalized spacial score (nSPS) is 21.2. The van der Waals surface area contributed by atoms with E-state index in [2.05, 4.69) is 10.2 Å². The van der Waals surface area contributed by atoms with Crippen molar-refractivity contribution in [1.29, 1.82) is 0 Å². The molecule has 1 amide bonds. The second-order valence-corrected chi connectivity index (χ2v) is 5.75. The first-order valence-electron chi connectivity index (χ1n) is 6.93. The molecule has 1 aromatic carbocycles. The van der Waals surface area contributed by atoms with Gasteiger partial charge in [0.2, 0.25) is 5.91 Å². The number of likely N-dealkylation sites (tertiary alicyclic amines) is 1. The van der Waals surface area contributed by atoms with E-state index in [0.717, 1.165) is 37.4 Å². The van der Waals surface area contributed by atoms with Crippen LogP contribution in [0.4, 0.5) is 5.69 Å². The van der Waals surface area contributed by atoms with Gasteiger partial charge in [-0.3, -0.25) is 9.69 Å². The number of amides is 1. The zero-order chi connectivity index (χ0) is 14.5. The molecular weight excluding hydrogens is 276 g/mol. The Morgan fingerprint density at radius 3 is 2.75 bits per heavy atom. The van der Waals surface area contributed by atoms with Gasteiger partial charge < -0.3 is 10.1 Å². The van der Waals surface area contributed by atoms with E-state index in [0.29, 0.717) is 0 Å². The summed E-state index contributed by atoms with van der Waals surface area (Å²) in [7, 11) is 1.62. The number of carbonyl (C=O) groups is 1. The van der Waals surface area contributed by atoms with Gasteiger partial charge in [-0.1, -0.05) is 0 Å². The van der Waals surface area contributed by atoms with E-state index in [4.69, 9.17) is 16.3 Å². The lowest BCUT2D eigenvalue weighted by atomic mass is 10.1. The summed E-state index contributed by atoms with van der Waals surface area (Å²) in [5.74, 6) is 0.776. The minimum atomic E-state index is -0.168. The lowest BCUT2D eigenvalue weighted by Crippen LogP contribution is -2.47. The van der Waals surface area contributed by atoms with Gasteiger partial charge >= 0.3 is 0 Å². The molecule has 1 fully saturated rings. The molecule has 0 aromatic heterocycles. The van der Waals surface area contributed by atoms with Gasteiger partial charge in [-0.25, -0.2) is 0 Å². The molecule has 0 saturated carbocycles. The minimum Gasteiger partial charge on any atom is -0.497 e. The summed E-state index contributed by atoms with van der Waals surface area (Å²) in [4.78, 5) is 14.4. The predicted octanol–water partition coefficient (Wildman–Crippen LogP) is 2.73. The van der Waals surface area contributed by atoms with Gasteiger partial charge in [0.25, 0.3) is 0 Å². The number of benzene rings is 1. The maximum atomic E-state index is 12.2. The molecule has 2 atom stereocenters. The largest absolute Gasteiger partial charge is 0.497 e. The monoisotopic (exact) mass is 296 g/mol. The van der Waals surface area contributed by atoms with Crippen LogP contribution in [0.15, 0.2) is 24.3 Å². The van der Waals surface area contributed by atoms with Crippen LogP contribution in [-0.2, 0) is 4.79 Å². The number of halogens is 1. The van der Waals surface area contributed by atoms with Gasteiger partial charge in [0, 0.05) is 17.6 Å². The predicted molar refractivity (Wildman–Crippen MR) is 81.5 cm³/mol. The molecule has 1 aliphatic rings.